The summed E-state index contributed by atoms with van der Waals surface area (Å²) < 4.78 is 5.30. The molecule has 0 spiro atoms. The predicted octanol–water partition coefficient (Wildman–Crippen LogP) is 4.76. The fourth-order valence-electron chi connectivity index (χ4n) is 3.65. The molecule has 0 radical (unpaired) electrons. The van der Waals surface area contributed by atoms with Gasteiger partial charge in [0.15, 0.2) is 0 Å². The molecule has 134 valence electrons. The maximum atomic E-state index is 5.30. The molecule has 1 saturated heterocycles. The van der Waals surface area contributed by atoms with Crippen LogP contribution in [0.2, 0.25) is 0 Å². The van der Waals surface area contributed by atoms with Gasteiger partial charge in [-0.2, -0.15) is 0 Å². The van der Waals surface area contributed by atoms with E-state index < -0.39 is 0 Å². The number of hydrogen-bond donors (Lipinski definition) is 1. The average Bonchev–Trinajstić information content (AvgIpc) is 3.20. The number of nitrogens with zero attached hydrogens (tertiary/aromatic N) is 2. The van der Waals surface area contributed by atoms with Crippen molar-refractivity contribution in [3.63, 3.8) is 0 Å². The minimum atomic E-state index is 0.757. The maximum Gasteiger partial charge on any atom is 0.119 e. The van der Waals surface area contributed by atoms with Crippen LogP contribution in [0.1, 0.15) is 24.1 Å². The second-order valence-corrected chi connectivity index (χ2v) is 6.91. The van der Waals surface area contributed by atoms with Crippen LogP contribution in [0.3, 0.4) is 0 Å². The SMILES string of the molecule is COc1cccc(CNc2ccc3c(N4CCCC4)cc(C)nc3c2)c1. The number of aromatic nitrogens is 1. The molecule has 0 atom stereocenters. The monoisotopic (exact) mass is 347 g/mol. The van der Waals surface area contributed by atoms with Crippen molar-refractivity contribution in [2.24, 2.45) is 0 Å². The van der Waals surface area contributed by atoms with Crippen molar-refractivity contribution >= 4 is 22.3 Å². The summed E-state index contributed by atoms with van der Waals surface area (Å²) in [5.41, 5.74) is 5.74. The molecule has 2 heterocycles. The van der Waals surface area contributed by atoms with Crippen molar-refractivity contribution in [2.75, 3.05) is 30.4 Å². The van der Waals surface area contributed by atoms with Crippen molar-refractivity contribution in [2.45, 2.75) is 26.3 Å². The lowest BCUT2D eigenvalue weighted by Crippen LogP contribution is -2.18. The molecule has 1 aromatic heterocycles. The molecule has 4 nitrogen and oxygen atoms in total. The Morgan fingerprint density at radius 2 is 1.92 bits per heavy atom. The summed E-state index contributed by atoms with van der Waals surface area (Å²) in [6, 6.07) is 16.9. The van der Waals surface area contributed by atoms with Gasteiger partial charge in [0.05, 0.1) is 12.6 Å². The smallest absolute Gasteiger partial charge is 0.119 e. The zero-order valence-corrected chi connectivity index (χ0v) is 15.5. The molecule has 4 heteroatoms. The van der Waals surface area contributed by atoms with Gasteiger partial charge in [-0.1, -0.05) is 12.1 Å². The Morgan fingerprint density at radius 1 is 1.08 bits per heavy atom. The van der Waals surface area contributed by atoms with Crippen molar-refractivity contribution < 1.29 is 4.74 Å². The Hall–Kier alpha value is -2.75. The molecule has 1 N–H and O–H groups in total. The molecule has 1 aliphatic heterocycles. The highest BCUT2D eigenvalue weighted by molar-refractivity contribution is 5.94. The van der Waals surface area contributed by atoms with Crippen LogP contribution in [0.4, 0.5) is 11.4 Å². The third-order valence-electron chi connectivity index (χ3n) is 4.99. The van der Waals surface area contributed by atoms with Gasteiger partial charge in [0, 0.05) is 42.1 Å². The first-order valence-corrected chi connectivity index (χ1v) is 9.26. The first kappa shape index (κ1) is 16.7. The van der Waals surface area contributed by atoms with E-state index in [4.69, 9.17) is 9.72 Å². The number of aryl methyl sites for hydroxylation is 1. The van der Waals surface area contributed by atoms with Gasteiger partial charge in [0.2, 0.25) is 0 Å². The van der Waals surface area contributed by atoms with Crippen LogP contribution in [0, 0.1) is 6.92 Å². The molecule has 3 aromatic rings. The molecular weight excluding hydrogens is 322 g/mol. The number of anilines is 2. The van der Waals surface area contributed by atoms with Crippen LogP contribution in [0.15, 0.2) is 48.5 Å². The third kappa shape index (κ3) is 3.45. The minimum absolute atomic E-state index is 0.757. The molecule has 2 aromatic carbocycles. The molecule has 0 amide bonds. The highest BCUT2D eigenvalue weighted by Crippen LogP contribution is 2.31. The Labute approximate surface area is 154 Å². The second kappa shape index (κ2) is 7.24. The van der Waals surface area contributed by atoms with E-state index in [1.54, 1.807) is 7.11 Å². The lowest BCUT2D eigenvalue weighted by Gasteiger charge is -2.20. The molecule has 0 saturated carbocycles. The van der Waals surface area contributed by atoms with Gasteiger partial charge in [0.1, 0.15) is 5.75 Å². The van der Waals surface area contributed by atoms with Gasteiger partial charge >= 0.3 is 0 Å². The average molecular weight is 347 g/mol. The molecule has 0 unspecified atom stereocenters. The van der Waals surface area contributed by atoms with E-state index in [1.165, 1.54) is 29.5 Å². The summed E-state index contributed by atoms with van der Waals surface area (Å²) in [6.07, 6.45) is 2.56. The molecular formula is C22H25N3O. The minimum Gasteiger partial charge on any atom is -0.497 e. The van der Waals surface area contributed by atoms with Crippen molar-refractivity contribution in [3.8, 4) is 5.75 Å². The summed E-state index contributed by atoms with van der Waals surface area (Å²) in [6.45, 7) is 5.13. The van der Waals surface area contributed by atoms with Gasteiger partial charge in [-0.05, 0) is 61.7 Å². The zero-order chi connectivity index (χ0) is 17.9. The van der Waals surface area contributed by atoms with E-state index in [0.29, 0.717) is 0 Å². The maximum absolute atomic E-state index is 5.30. The fourth-order valence-corrected chi connectivity index (χ4v) is 3.65. The lowest BCUT2D eigenvalue weighted by atomic mass is 10.1. The number of methoxy groups -OCH3 is 1. The van der Waals surface area contributed by atoms with E-state index >= 15 is 0 Å². The normalized spacial score (nSPS) is 14.0. The van der Waals surface area contributed by atoms with E-state index in [0.717, 1.165) is 42.3 Å². The highest BCUT2D eigenvalue weighted by Gasteiger charge is 2.16. The van der Waals surface area contributed by atoms with Crippen molar-refractivity contribution in [1.29, 1.82) is 0 Å². The lowest BCUT2D eigenvalue weighted by molar-refractivity contribution is 0.414. The number of ether oxygens (including phenoxy) is 1. The van der Waals surface area contributed by atoms with Crippen molar-refractivity contribution in [3.05, 3.63) is 59.8 Å². The van der Waals surface area contributed by atoms with Gasteiger partial charge in [0.25, 0.3) is 0 Å². The van der Waals surface area contributed by atoms with Crippen LogP contribution >= 0.6 is 0 Å². The topological polar surface area (TPSA) is 37.4 Å². The first-order valence-electron chi connectivity index (χ1n) is 9.26. The summed E-state index contributed by atoms with van der Waals surface area (Å²) >= 11 is 0. The Balaban J connectivity index is 1.59. The fraction of sp³-hybridized carbons (Fsp3) is 0.318. The first-order chi connectivity index (χ1) is 12.7. The number of rotatable bonds is 5. The number of pyridine rings is 1. The Morgan fingerprint density at radius 3 is 2.73 bits per heavy atom. The molecule has 1 fully saturated rings. The zero-order valence-electron chi connectivity index (χ0n) is 15.5. The van der Waals surface area contributed by atoms with Gasteiger partial charge < -0.3 is 15.0 Å². The number of benzene rings is 2. The van der Waals surface area contributed by atoms with Crippen LogP contribution < -0.4 is 15.0 Å². The van der Waals surface area contributed by atoms with Crippen LogP contribution in [0.5, 0.6) is 5.75 Å². The van der Waals surface area contributed by atoms with Gasteiger partial charge in [-0.25, -0.2) is 0 Å². The summed E-state index contributed by atoms with van der Waals surface area (Å²) in [4.78, 5) is 7.25. The largest absolute Gasteiger partial charge is 0.497 e. The molecule has 4 rings (SSSR count). The summed E-state index contributed by atoms with van der Waals surface area (Å²) in [5.74, 6) is 0.885. The quantitative estimate of drug-likeness (QED) is 0.722. The van der Waals surface area contributed by atoms with Gasteiger partial charge in [-0.3, -0.25) is 4.98 Å². The second-order valence-electron chi connectivity index (χ2n) is 6.91. The van der Waals surface area contributed by atoms with Crippen LogP contribution in [-0.2, 0) is 6.54 Å². The van der Waals surface area contributed by atoms with Crippen molar-refractivity contribution in [1.82, 2.24) is 4.98 Å². The van der Waals surface area contributed by atoms with E-state index in [-0.39, 0.29) is 0 Å². The molecule has 1 aliphatic rings. The number of nitrogens with one attached hydrogen (secondary N) is 1. The standard InChI is InChI=1S/C22H25N3O/c1-16-12-22(25-10-3-4-11-25)20-9-8-18(14-21(20)24-16)23-15-17-6-5-7-19(13-17)26-2/h5-9,12-14,23H,3-4,10-11,15H2,1-2H3. The van der Waals surface area contributed by atoms with Crippen LogP contribution in [0.25, 0.3) is 10.9 Å². The predicted molar refractivity (Wildman–Crippen MR) is 108 cm³/mol. The highest BCUT2D eigenvalue weighted by atomic mass is 16.5. The summed E-state index contributed by atoms with van der Waals surface area (Å²) in [7, 11) is 1.70. The van der Waals surface area contributed by atoms with E-state index in [2.05, 4.69) is 53.5 Å². The molecule has 0 aliphatic carbocycles. The summed E-state index contributed by atoms with van der Waals surface area (Å²) in [5, 5.41) is 4.74. The molecule has 0 bridgehead atoms. The molecule has 26 heavy (non-hydrogen) atoms. The Kier molecular flexibility index (Phi) is 4.65. The third-order valence-corrected chi connectivity index (χ3v) is 4.99. The number of fused-ring (bicyclic) bond motifs is 1. The number of hydrogen-bond acceptors (Lipinski definition) is 4. The van der Waals surface area contributed by atoms with Crippen LogP contribution in [-0.4, -0.2) is 25.2 Å². The Bertz CT molecular complexity index is 916. The van der Waals surface area contributed by atoms with Gasteiger partial charge in [-0.15, -0.1) is 0 Å². The van der Waals surface area contributed by atoms with E-state index in [1.807, 2.05) is 12.1 Å². The van der Waals surface area contributed by atoms with E-state index in [9.17, 15) is 0 Å².